The Bertz CT molecular complexity index is 691. The van der Waals surface area contributed by atoms with E-state index in [2.05, 4.69) is 23.8 Å². The number of nitrogens with two attached hydrogens (primary N) is 2. The Morgan fingerprint density at radius 1 is 1.24 bits per heavy atom. The third kappa shape index (κ3) is 3.20. The molecule has 0 unspecified atom stereocenters. The summed E-state index contributed by atoms with van der Waals surface area (Å²) < 4.78 is 5.78. The van der Waals surface area contributed by atoms with Crippen molar-refractivity contribution in [2.45, 2.75) is 13.8 Å². The van der Waals surface area contributed by atoms with E-state index in [1.165, 1.54) is 0 Å². The SMILES string of the molecule is CC(C)COc1ccccc1-c1nc(N)nc(N)c1C#N. The molecule has 6 nitrogen and oxygen atoms in total. The number of nitrogen functional groups attached to an aromatic ring is 2. The second-order valence-corrected chi connectivity index (χ2v) is 5.00. The van der Waals surface area contributed by atoms with E-state index in [-0.39, 0.29) is 17.3 Å². The number of para-hydroxylation sites is 1. The number of hydrogen-bond acceptors (Lipinski definition) is 6. The Kier molecular flexibility index (Phi) is 4.24. The van der Waals surface area contributed by atoms with E-state index in [0.29, 0.717) is 29.5 Å². The minimum Gasteiger partial charge on any atom is -0.493 e. The van der Waals surface area contributed by atoms with Gasteiger partial charge in [-0.15, -0.1) is 0 Å². The number of aromatic nitrogens is 2. The zero-order valence-electron chi connectivity index (χ0n) is 12.0. The molecule has 1 aromatic heterocycles. The van der Waals surface area contributed by atoms with Gasteiger partial charge in [0.2, 0.25) is 5.95 Å². The van der Waals surface area contributed by atoms with Crippen molar-refractivity contribution in [3.05, 3.63) is 29.8 Å². The van der Waals surface area contributed by atoms with Crippen LogP contribution in [0.2, 0.25) is 0 Å². The molecule has 0 bridgehead atoms. The summed E-state index contributed by atoms with van der Waals surface area (Å²) >= 11 is 0. The fraction of sp³-hybridized carbons (Fsp3) is 0.267. The molecule has 0 amide bonds. The number of nitrogens with zero attached hydrogens (tertiary/aromatic N) is 3. The van der Waals surface area contributed by atoms with Gasteiger partial charge in [0.05, 0.1) is 12.3 Å². The summed E-state index contributed by atoms with van der Waals surface area (Å²) in [6.45, 7) is 4.68. The van der Waals surface area contributed by atoms with Crippen molar-refractivity contribution in [3.63, 3.8) is 0 Å². The van der Waals surface area contributed by atoms with Crippen molar-refractivity contribution >= 4 is 11.8 Å². The van der Waals surface area contributed by atoms with Crippen LogP contribution >= 0.6 is 0 Å². The summed E-state index contributed by atoms with van der Waals surface area (Å²) in [5.74, 6) is 1.12. The molecule has 4 N–H and O–H groups in total. The van der Waals surface area contributed by atoms with Crippen molar-refractivity contribution in [2.75, 3.05) is 18.1 Å². The molecule has 1 aromatic carbocycles. The third-order valence-electron chi connectivity index (χ3n) is 2.78. The molecule has 21 heavy (non-hydrogen) atoms. The third-order valence-corrected chi connectivity index (χ3v) is 2.78. The fourth-order valence-corrected chi connectivity index (χ4v) is 1.85. The van der Waals surface area contributed by atoms with Crippen LogP contribution in [0.5, 0.6) is 5.75 Å². The zero-order chi connectivity index (χ0) is 15.4. The highest BCUT2D eigenvalue weighted by Crippen LogP contribution is 2.32. The number of ether oxygens (including phenoxy) is 1. The Morgan fingerprint density at radius 2 is 1.95 bits per heavy atom. The van der Waals surface area contributed by atoms with Crippen LogP contribution < -0.4 is 16.2 Å². The van der Waals surface area contributed by atoms with Crippen LogP contribution in [0.1, 0.15) is 19.4 Å². The van der Waals surface area contributed by atoms with Crippen molar-refractivity contribution in [2.24, 2.45) is 5.92 Å². The summed E-state index contributed by atoms with van der Waals surface area (Å²) in [5.41, 5.74) is 12.7. The molecule has 0 aliphatic carbocycles. The molecule has 0 aliphatic rings. The van der Waals surface area contributed by atoms with Crippen LogP contribution in [-0.2, 0) is 0 Å². The highest BCUT2D eigenvalue weighted by Gasteiger charge is 2.16. The Hall–Kier alpha value is -2.81. The molecule has 2 aromatic rings. The number of benzene rings is 1. The number of rotatable bonds is 4. The van der Waals surface area contributed by atoms with E-state index in [1.54, 1.807) is 0 Å². The normalized spacial score (nSPS) is 10.4. The quantitative estimate of drug-likeness (QED) is 0.889. The van der Waals surface area contributed by atoms with E-state index in [4.69, 9.17) is 16.2 Å². The van der Waals surface area contributed by atoms with Gasteiger partial charge in [-0.1, -0.05) is 26.0 Å². The summed E-state index contributed by atoms with van der Waals surface area (Å²) in [6, 6.07) is 9.37. The Labute approximate surface area is 123 Å². The molecule has 0 spiro atoms. The maximum absolute atomic E-state index is 9.27. The molecular weight excluding hydrogens is 266 g/mol. The first kappa shape index (κ1) is 14.6. The number of nitriles is 1. The fourth-order valence-electron chi connectivity index (χ4n) is 1.85. The van der Waals surface area contributed by atoms with E-state index >= 15 is 0 Å². The molecule has 6 heteroatoms. The van der Waals surface area contributed by atoms with Crippen LogP contribution in [0.4, 0.5) is 11.8 Å². The molecule has 2 rings (SSSR count). The van der Waals surface area contributed by atoms with Gasteiger partial charge >= 0.3 is 0 Å². The molecule has 0 fully saturated rings. The number of hydrogen-bond donors (Lipinski definition) is 2. The Morgan fingerprint density at radius 3 is 2.62 bits per heavy atom. The van der Waals surface area contributed by atoms with E-state index < -0.39 is 0 Å². The molecule has 0 saturated heterocycles. The maximum atomic E-state index is 9.27. The van der Waals surface area contributed by atoms with E-state index in [0.717, 1.165) is 0 Å². The second kappa shape index (κ2) is 6.09. The summed E-state index contributed by atoms with van der Waals surface area (Å²) in [7, 11) is 0. The van der Waals surface area contributed by atoms with Crippen LogP contribution in [0.15, 0.2) is 24.3 Å². The van der Waals surface area contributed by atoms with Gasteiger partial charge in [0.15, 0.2) is 0 Å². The minimum absolute atomic E-state index is 0.0279. The van der Waals surface area contributed by atoms with Gasteiger partial charge in [-0.25, -0.2) is 4.98 Å². The lowest BCUT2D eigenvalue weighted by atomic mass is 10.1. The molecule has 1 heterocycles. The Balaban J connectivity index is 2.55. The lowest BCUT2D eigenvalue weighted by molar-refractivity contribution is 0.272. The molecule has 0 atom stereocenters. The molecule has 0 saturated carbocycles. The number of anilines is 2. The second-order valence-electron chi connectivity index (χ2n) is 5.00. The minimum atomic E-state index is 0.0279. The summed E-state index contributed by atoms with van der Waals surface area (Å²) in [6.07, 6.45) is 0. The van der Waals surface area contributed by atoms with Gasteiger partial charge in [-0.3, -0.25) is 0 Å². The lowest BCUT2D eigenvalue weighted by Gasteiger charge is -2.14. The maximum Gasteiger partial charge on any atom is 0.222 e. The smallest absolute Gasteiger partial charge is 0.222 e. The van der Waals surface area contributed by atoms with Gasteiger partial charge in [-0.05, 0) is 18.1 Å². The van der Waals surface area contributed by atoms with Gasteiger partial charge < -0.3 is 16.2 Å². The van der Waals surface area contributed by atoms with Crippen LogP contribution in [0.25, 0.3) is 11.3 Å². The largest absolute Gasteiger partial charge is 0.493 e. The van der Waals surface area contributed by atoms with E-state index in [1.807, 2.05) is 30.3 Å². The van der Waals surface area contributed by atoms with Gasteiger partial charge in [0.1, 0.15) is 23.2 Å². The topological polar surface area (TPSA) is 111 Å². The van der Waals surface area contributed by atoms with Crippen LogP contribution in [-0.4, -0.2) is 16.6 Å². The summed E-state index contributed by atoms with van der Waals surface area (Å²) in [4.78, 5) is 7.96. The average Bonchev–Trinajstić information content (AvgIpc) is 2.44. The zero-order valence-corrected chi connectivity index (χ0v) is 12.0. The van der Waals surface area contributed by atoms with Gasteiger partial charge in [0, 0.05) is 5.56 Å². The van der Waals surface area contributed by atoms with Crippen molar-refractivity contribution in [3.8, 4) is 23.1 Å². The first-order valence-electron chi connectivity index (χ1n) is 6.58. The molecular formula is C15H17N5O. The van der Waals surface area contributed by atoms with Crippen molar-refractivity contribution in [1.82, 2.24) is 9.97 Å². The summed E-state index contributed by atoms with van der Waals surface area (Å²) in [5, 5.41) is 9.27. The predicted molar refractivity (Wildman–Crippen MR) is 81.3 cm³/mol. The first-order chi connectivity index (χ1) is 10.0. The molecule has 108 valence electrons. The van der Waals surface area contributed by atoms with Crippen molar-refractivity contribution in [1.29, 1.82) is 5.26 Å². The standard InChI is InChI=1S/C15H17N5O/c1-9(2)8-21-12-6-4-3-5-10(12)13-11(7-16)14(17)20-15(18)19-13/h3-6,9H,8H2,1-2H3,(H4,17,18,19,20). The first-order valence-corrected chi connectivity index (χ1v) is 6.58. The van der Waals surface area contributed by atoms with Crippen molar-refractivity contribution < 1.29 is 4.74 Å². The highest BCUT2D eigenvalue weighted by atomic mass is 16.5. The van der Waals surface area contributed by atoms with E-state index in [9.17, 15) is 5.26 Å². The molecule has 0 aliphatic heterocycles. The average molecular weight is 283 g/mol. The van der Waals surface area contributed by atoms with Gasteiger partial charge in [-0.2, -0.15) is 10.2 Å². The molecule has 0 radical (unpaired) electrons. The predicted octanol–water partition coefficient (Wildman–Crippen LogP) is 2.21. The highest BCUT2D eigenvalue weighted by molar-refractivity contribution is 5.77. The lowest BCUT2D eigenvalue weighted by Crippen LogP contribution is -2.08. The van der Waals surface area contributed by atoms with Crippen LogP contribution in [0, 0.1) is 17.2 Å². The monoisotopic (exact) mass is 283 g/mol. The van der Waals surface area contributed by atoms with Gasteiger partial charge in [0.25, 0.3) is 0 Å². The van der Waals surface area contributed by atoms with Crippen LogP contribution in [0.3, 0.4) is 0 Å².